The highest BCUT2D eigenvalue weighted by molar-refractivity contribution is 6.21. The molecule has 1 heterocycles. The van der Waals surface area contributed by atoms with Crippen molar-refractivity contribution in [2.24, 2.45) is 0 Å². The van der Waals surface area contributed by atoms with Crippen molar-refractivity contribution in [3.05, 3.63) is 34.9 Å². The number of aliphatic carboxylic acids is 1. The van der Waals surface area contributed by atoms with Crippen LogP contribution in [-0.2, 0) is 4.79 Å². The minimum atomic E-state index is -0.984. The van der Waals surface area contributed by atoms with E-state index in [-0.39, 0.29) is 35.6 Å². The lowest BCUT2D eigenvalue weighted by molar-refractivity contribution is -0.137. The molecule has 1 aromatic rings. The maximum Gasteiger partial charge on any atom is 0.305 e. The Kier molecular flexibility index (Phi) is 4.25. The molecule has 0 spiro atoms. The monoisotopic (exact) mass is 304 g/mol. The van der Waals surface area contributed by atoms with Gasteiger partial charge in [-0.15, -0.1) is 0 Å². The second-order valence-corrected chi connectivity index (χ2v) is 4.96. The molecular weight excluding hydrogens is 288 g/mol. The molecule has 0 saturated carbocycles. The van der Waals surface area contributed by atoms with Crippen LogP contribution in [0, 0.1) is 0 Å². The first-order chi connectivity index (χ1) is 10.4. The number of carboxylic acid groups (broad SMARTS) is 1. The molecule has 0 radical (unpaired) electrons. The minimum absolute atomic E-state index is 0.0918. The van der Waals surface area contributed by atoms with E-state index in [0.29, 0.717) is 6.54 Å². The third-order valence-electron chi connectivity index (χ3n) is 3.60. The summed E-state index contributed by atoms with van der Waals surface area (Å²) in [6.07, 6.45) is -0.148. The van der Waals surface area contributed by atoms with Gasteiger partial charge in [-0.2, -0.15) is 0 Å². The number of benzene rings is 1. The lowest BCUT2D eigenvalue weighted by Crippen LogP contribution is -2.33. The molecule has 0 saturated heterocycles. The first-order valence-electron chi connectivity index (χ1n) is 6.84. The molecule has 0 atom stereocenters. The smallest absolute Gasteiger partial charge is 0.305 e. The molecule has 0 bridgehead atoms. The van der Waals surface area contributed by atoms with Crippen LogP contribution in [0.2, 0.25) is 0 Å². The molecule has 1 aliphatic heterocycles. The van der Waals surface area contributed by atoms with Crippen LogP contribution in [0.4, 0.5) is 0 Å². The van der Waals surface area contributed by atoms with Gasteiger partial charge >= 0.3 is 5.97 Å². The molecule has 3 amide bonds. The molecule has 116 valence electrons. The van der Waals surface area contributed by atoms with E-state index in [2.05, 4.69) is 0 Å². The highest BCUT2D eigenvalue weighted by Gasteiger charge is 2.33. The van der Waals surface area contributed by atoms with E-state index in [1.807, 2.05) is 0 Å². The average molecular weight is 304 g/mol. The van der Waals surface area contributed by atoms with E-state index in [4.69, 9.17) is 5.11 Å². The van der Waals surface area contributed by atoms with Gasteiger partial charge in [0.25, 0.3) is 17.7 Å². The van der Waals surface area contributed by atoms with E-state index >= 15 is 0 Å². The van der Waals surface area contributed by atoms with Crippen molar-refractivity contribution in [3.8, 4) is 0 Å². The fraction of sp³-hybridized carbons (Fsp3) is 0.333. The molecular formula is C15H16N2O5. The Hall–Kier alpha value is -2.70. The number of amides is 3. The van der Waals surface area contributed by atoms with E-state index in [1.54, 1.807) is 6.92 Å². The molecule has 0 unspecified atom stereocenters. The normalized spacial score (nSPS) is 13.3. The van der Waals surface area contributed by atoms with Crippen LogP contribution < -0.4 is 0 Å². The number of hydrogen-bond donors (Lipinski definition) is 1. The van der Waals surface area contributed by atoms with Crippen LogP contribution in [0.5, 0.6) is 0 Å². The molecule has 0 fully saturated rings. The Labute approximate surface area is 127 Å². The Balaban J connectivity index is 2.27. The molecule has 2 rings (SSSR count). The summed E-state index contributed by atoms with van der Waals surface area (Å²) in [5, 5.41) is 8.70. The second kappa shape index (κ2) is 5.97. The van der Waals surface area contributed by atoms with E-state index in [9.17, 15) is 19.2 Å². The van der Waals surface area contributed by atoms with Gasteiger partial charge in [-0.1, -0.05) is 0 Å². The molecule has 7 heteroatoms. The number of imide groups is 1. The molecule has 1 aliphatic rings. The summed E-state index contributed by atoms with van der Waals surface area (Å²) in [5.74, 6) is -2.18. The Morgan fingerprint density at radius 2 is 1.82 bits per heavy atom. The van der Waals surface area contributed by atoms with Crippen molar-refractivity contribution in [2.45, 2.75) is 13.3 Å². The van der Waals surface area contributed by atoms with Crippen LogP contribution in [-0.4, -0.2) is 58.7 Å². The fourth-order valence-electron chi connectivity index (χ4n) is 2.31. The fourth-order valence-corrected chi connectivity index (χ4v) is 2.31. The highest BCUT2D eigenvalue weighted by Crippen LogP contribution is 2.23. The van der Waals surface area contributed by atoms with Gasteiger partial charge in [0.15, 0.2) is 0 Å². The third-order valence-corrected chi connectivity index (χ3v) is 3.60. The zero-order chi connectivity index (χ0) is 16.4. The van der Waals surface area contributed by atoms with Gasteiger partial charge in [-0.25, -0.2) is 0 Å². The highest BCUT2D eigenvalue weighted by atomic mass is 16.4. The Morgan fingerprint density at radius 3 is 2.41 bits per heavy atom. The predicted octanol–water partition coefficient (Wildman–Crippen LogP) is 0.849. The first kappa shape index (κ1) is 15.7. The van der Waals surface area contributed by atoms with Gasteiger partial charge < -0.3 is 10.0 Å². The second-order valence-electron chi connectivity index (χ2n) is 4.96. The van der Waals surface area contributed by atoms with E-state index in [0.717, 1.165) is 4.90 Å². The van der Waals surface area contributed by atoms with Crippen LogP contribution in [0.1, 0.15) is 44.4 Å². The van der Waals surface area contributed by atoms with Crippen molar-refractivity contribution < 1.29 is 24.3 Å². The van der Waals surface area contributed by atoms with Crippen LogP contribution in [0.3, 0.4) is 0 Å². The van der Waals surface area contributed by atoms with E-state index < -0.39 is 17.8 Å². The van der Waals surface area contributed by atoms with Gasteiger partial charge in [-0.3, -0.25) is 24.1 Å². The molecule has 7 nitrogen and oxygen atoms in total. The van der Waals surface area contributed by atoms with E-state index in [1.165, 1.54) is 30.1 Å². The van der Waals surface area contributed by atoms with Gasteiger partial charge in [-0.05, 0) is 25.1 Å². The summed E-state index contributed by atoms with van der Waals surface area (Å²) >= 11 is 0. The van der Waals surface area contributed by atoms with Crippen LogP contribution >= 0.6 is 0 Å². The molecule has 1 aromatic carbocycles. The maximum absolute atomic E-state index is 12.4. The van der Waals surface area contributed by atoms with Gasteiger partial charge in [0.2, 0.25) is 0 Å². The topological polar surface area (TPSA) is 95.0 Å². The van der Waals surface area contributed by atoms with Gasteiger partial charge in [0.1, 0.15) is 0 Å². The summed E-state index contributed by atoms with van der Waals surface area (Å²) in [4.78, 5) is 49.1. The lowest BCUT2D eigenvalue weighted by Gasteiger charge is -2.20. The zero-order valence-corrected chi connectivity index (χ0v) is 12.3. The molecule has 0 aliphatic carbocycles. The third kappa shape index (κ3) is 2.69. The quantitative estimate of drug-likeness (QED) is 0.814. The molecule has 0 aromatic heterocycles. The summed E-state index contributed by atoms with van der Waals surface area (Å²) < 4.78 is 0. The largest absolute Gasteiger partial charge is 0.481 e. The van der Waals surface area contributed by atoms with Crippen molar-refractivity contribution in [1.29, 1.82) is 0 Å². The minimum Gasteiger partial charge on any atom is -0.481 e. The standard InChI is InChI=1S/C15H16N2O5/c1-3-17(7-6-12(18)19)13(20)9-4-5-10-11(8-9)15(22)16(2)14(10)21/h4-5,8H,3,6-7H2,1-2H3,(H,18,19). The summed E-state index contributed by atoms with van der Waals surface area (Å²) in [6.45, 7) is 2.19. The van der Waals surface area contributed by atoms with Gasteiger partial charge in [0.05, 0.1) is 17.5 Å². The lowest BCUT2D eigenvalue weighted by atomic mass is 10.0. The number of nitrogens with zero attached hydrogens (tertiary/aromatic N) is 2. The zero-order valence-electron chi connectivity index (χ0n) is 12.3. The molecule has 1 N–H and O–H groups in total. The van der Waals surface area contributed by atoms with Crippen LogP contribution in [0.15, 0.2) is 18.2 Å². The number of carbonyl (C=O) groups is 4. The van der Waals surface area contributed by atoms with Crippen molar-refractivity contribution in [1.82, 2.24) is 9.80 Å². The maximum atomic E-state index is 12.4. The SMILES string of the molecule is CCN(CCC(=O)O)C(=O)c1ccc2c(c1)C(=O)N(C)C2=O. The number of carboxylic acids is 1. The number of hydrogen-bond acceptors (Lipinski definition) is 4. The number of carbonyl (C=O) groups excluding carboxylic acids is 3. The van der Waals surface area contributed by atoms with Crippen molar-refractivity contribution in [2.75, 3.05) is 20.1 Å². The van der Waals surface area contributed by atoms with Crippen molar-refractivity contribution in [3.63, 3.8) is 0 Å². The van der Waals surface area contributed by atoms with Gasteiger partial charge in [0, 0.05) is 25.7 Å². The number of fused-ring (bicyclic) bond motifs is 1. The van der Waals surface area contributed by atoms with Crippen molar-refractivity contribution >= 4 is 23.7 Å². The summed E-state index contributed by atoms with van der Waals surface area (Å²) in [6, 6.07) is 4.33. The molecule has 22 heavy (non-hydrogen) atoms. The predicted molar refractivity (Wildman–Crippen MR) is 76.7 cm³/mol. The Bertz CT molecular complexity index is 668. The number of rotatable bonds is 5. The van der Waals surface area contributed by atoms with Crippen LogP contribution in [0.25, 0.3) is 0 Å². The Morgan fingerprint density at radius 1 is 1.18 bits per heavy atom. The summed E-state index contributed by atoms with van der Waals surface area (Å²) in [7, 11) is 1.39. The first-order valence-corrected chi connectivity index (χ1v) is 6.84. The average Bonchev–Trinajstić information content (AvgIpc) is 2.72. The summed E-state index contributed by atoms with van der Waals surface area (Å²) in [5.41, 5.74) is 0.743.